The van der Waals surface area contributed by atoms with Gasteiger partial charge in [0.25, 0.3) is 0 Å². The van der Waals surface area contributed by atoms with Crippen molar-refractivity contribution in [2.75, 3.05) is 0 Å². The van der Waals surface area contributed by atoms with Gasteiger partial charge in [0, 0.05) is 0 Å². The molecule has 0 spiro atoms. The Kier molecular flexibility index (Phi) is 2.61. The van der Waals surface area contributed by atoms with Crippen LogP contribution in [0.5, 0.6) is 0 Å². The molecule has 2 rings (SSSR count). The number of hydrogen-bond acceptors (Lipinski definition) is 2. The molecule has 0 radical (unpaired) electrons. The third kappa shape index (κ3) is 1.84. The largest absolute Gasteiger partial charge is 0.484 e. The monoisotopic (exact) mass is 190 g/mol. The molecule has 0 saturated heterocycles. The Balaban J connectivity index is 2.25. The zero-order valence-corrected chi connectivity index (χ0v) is 8.40. The van der Waals surface area contributed by atoms with Gasteiger partial charge < -0.3 is 10.0 Å². The van der Waals surface area contributed by atoms with E-state index < -0.39 is 7.12 Å². The zero-order chi connectivity index (χ0) is 10.1. The Bertz CT molecular complexity index is 326. The van der Waals surface area contributed by atoms with E-state index in [2.05, 4.69) is 19.1 Å². The van der Waals surface area contributed by atoms with Crippen LogP contribution in [0.1, 0.15) is 26.2 Å². The molecule has 2 nitrogen and oxygen atoms in total. The highest BCUT2D eigenvalue weighted by atomic mass is 16.4. The van der Waals surface area contributed by atoms with E-state index in [0.717, 1.165) is 24.7 Å². The van der Waals surface area contributed by atoms with Gasteiger partial charge in [-0.15, -0.1) is 0 Å². The predicted octanol–water partition coefficient (Wildman–Crippen LogP) is 1.61. The minimum Gasteiger partial charge on any atom is -0.423 e. The van der Waals surface area contributed by atoms with Gasteiger partial charge in [-0.1, -0.05) is 25.2 Å². The molecule has 1 unspecified atom stereocenters. The summed E-state index contributed by atoms with van der Waals surface area (Å²) >= 11 is 0. The summed E-state index contributed by atoms with van der Waals surface area (Å²) in [6.45, 7) is 2.18. The van der Waals surface area contributed by atoms with Crippen molar-refractivity contribution >= 4 is 7.12 Å². The molecule has 74 valence electrons. The maximum Gasteiger partial charge on any atom is 0.484 e. The van der Waals surface area contributed by atoms with Crippen LogP contribution in [0.4, 0.5) is 0 Å². The highest BCUT2D eigenvalue weighted by Gasteiger charge is 2.22. The fourth-order valence-electron chi connectivity index (χ4n) is 2.11. The minimum atomic E-state index is -1.27. The fraction of sp³-hybridized carbons (Fsp3) is 0.455. The van der Waals surface area contributed by atoms with Crippen LogP contribution in [0.25, 0.3) is 0 Å². The van der Waals surface area contributed by atoms with Crippen molar-refractivity contribution in [1.29, 1.82) is 0 Å². The van der Waals surface area contributed by atoms with Crippen molar-refractivity contribution in [2.45, 2.75) is 26.2 Å². The quantitative estimate of drug-likeness (QED) is 0.616. The van der Waals surface area contributed by atoms with Crippen LogP contribution in [0.15, 0.2) is 34.8 Å². The van der Waals surface area contributed by atoms with Crippen molar-refractivity contribution in [2.24, 2.45) is 5.92 Å². The lowest BCUT2D eigenvalue weighted by Crippen LogP contribution is -2.19. The summed E-state index contributed by atoms with van der Waals surface area (Å²) in [7, 11) is -1.27. The normalized spacial score (nSPS) is 25.9. The van der Waals surface area contributed by atoms with Gasteiger partial charge >= 0.3 is 7.12 Å². The van der Waals surface area contributed by atoms with Crippen LogP contribution in [-0.2, 0) is 0 Å². The van der Waals surface area contributed by atoms with E-state index in [1.807, 2.05) is 6.08 Å². The van der Waals surface area contributed by atoms with Crippen molar-refractivity contribution in [3.05, 3.63) is 34.8 Å². The van der Waals surface area contributed by atoms with Crippen LogP contribution in [-0.4, -0.2) is 17.2 Å². The number of allylic oxidation sites excluding steroid dienone is 6. The predicted molar refractivity (Wildman–Crippen MR) is 57.5 cm³/mol. The number of hydrogen-bond donors (Lipinski definition) is 2. The van der Waals surface area contributed by atoms with Crippen molar-refractivity contribution in [3.63, 3.8) is 0 Å². The molecule has 0 aromatic rings. The maximum absolute atomic E-state index is 9.08. The average Bonchev–Trinajstić information content (AvgIpc) is 2.16. The summed E-state index contributed by atoms with van der Waals surface area (Å²) in [5, 5.41) is 18.2. The molecule has 3 heteroatoms. The summed E-state index contributed by atoms with van der Waals surface area (Å²) < 4.78 is 0. The first-order valence-corrected chi connectivity index (χ1v) is 5.13. The second kappa shape index (κ2) is 3.75. The Morgan fingerprint density at radius 3 is 2.79 bits per heavy atom. The Labute approximate surface area is 84.8 Å². The number of rotatable bonds is 1. The summed E-state index contributed by atoms with van der Waals surface area (Å²) in [5.41, 5.74) is 3.41. The zero-order valence-electron chi connectivity index (χ0n) is 8.40. The van der Waals surface area contributed by atoms with E-state index in [1.165, 1.54) is 11.1 Å². The van der Waals surface area contributed by atoms with Gasteiger partial charge in [0.2, 0.25) is 0 Å². The molecular formula is C11H15BO2. The van der Waals surface area contributed by atoms with Gasteiger partial charge in [-0.05, 0) is 41.8 Å². The van der Waals surface area contributed by atoms with E-state index in [1.54, 1.807) is 0 Å². The fourth-order valence-corrected chi connectivity index (χ4v) is 2.11. The SMILES string of the molecule is CC1C=CC2=C(C=C(B(O)O)CC2)C1. The minimum absolute atomic E-state index is 0.570. The van der Waals surface area contributed by atoms with Gasteiger partial charge in [-0.3, -0.25) is 0 Å². The summed E-state index contributed by atoms with van der Waals surface area (Å²) in [6, 6.07) is 0. The molecule has 1 atom stereocenters. The van der Waals surface area contributed by atoms with Crippen LogP contribution < -0.4 is 0 Å². The molecule has 2 N–H and O–H groups in total. The molecule has 0 amide bonds. The first kappa shape index (κ1) is 9.75. The highest BCUT2D eigenvalue weighted by molar-refractivity contribution is 6.50. The molecule has 2 aliphatic carbocycles. The molecule has 0 aromatic heterocycles. The standard InChI is InChI=1S/C11H15BO2/c1-8-2-3-9-4-5-11(12(13)14)7-10(9)6-8/h2-3,7-8,13-14H,4-6H2,1H3. The third-order valence-corrected chi connectivity index (χ3v) is 2.95. The van der Waals surface area contributed by atoms with E-state index in [4.69, 9.17) is 10.0 Å². The summed E-state index contributed by atoms with van der Waals surface area (Å²) in [6.07, 6.45) is 9.12. The molecule has 0 aromatic carbocycles. The van der Waals surface area contributed by atoms with Gasteiger partial charge in [0.05, 0.1) is 0 Å². The van der Waals surface area contributed by atoms with E-state index >= 15 is 0 Å². The van der Waals surface area contributed by atoms with E-state index in [-0.39, 0.29) is 0 Å². The second-order valence-electron chi connectivity index (χ2n) is 4.18. The Hall–Kier alpha value is -0.795. The van der Waals surface area contributed by atoms with Crippen molar-refractivity contribution in [1.82, 2.24) is 0 Å². The van der Waals surface area contributed by atoms with E-state index in [0.29, 0.717) is 5.92 Å². The Morgan fingerprint density at radius 1 is 1.29 bits per heavy atom. The van der Waals surface area contributed by atoms with Crippen LogP contribution in [0, 0.1) is 5.92 Å². The molecule has 0 aliphatic heterocycles. The van der Waals surface area contributed by atoms with E-state index in [9.17, 15) is 0 Å². The van der Waals surface area contributed by atoms with Gasteiger partial charge in [-0.25, -0.2) is 0 Å². The molecule has 2 aliphatic rings. The Morgan fingerprint density at radius 2 is 2.07 bits per heavy atom. The maximum atomic E-state index is 9.08. The molecule has 0 bridgehead atoms. The van der Waals surface area contributed by atoms with Crippen LogP contribution in [0.3, 0.4) is 0 Å². The van der Waals surface area contributed by atoms with Crippen LogP contribution in [0.2, 0.25) is 0 Å². The lowest BCUT2D eigenvalue weighted by atomic mass is 9.70. The molecule has 0 heterocycles. The van der Waals surface area contributed by atoms with Crippen molar-refractivity contribution < 1.29 is 10.0 Å². The topological polar surface area (TPSA) is 40.5 Å². The molecule has 14 heavy (non-hydrogen) atoms. The molecular weight excluding hydrogens is 175 g/mol. The van der Waals surface area contributed by atoms with Gasteiger partial charge in [0.15, 0.2) is 0 Å². The van der Waals surface area contributed by atoms with Gasteiger partial charge in [-0.2, -0.15) is 0 Å². The molecule has 0 fully saturated rings. The second-order valence-corrected chi connectivity index (χ2v) is 4.18. The van der Waals surface area contributed by atoms with Crippen molar-refractivity contribution in [3.8, 4) is 0 Å². The molecule has 0 saturated carbocycles. The first-order chi connectivity index (χ1) is 6.66. The van der Waals surface area contributed by atoms with Gasteiger partial charge in [0.1, 0.15) is 0 Å². The lowest BCUT2D eigenvalue weighted by molar-refractivity contribution is 0.416. The van der Waals surface area contributed by atoms with Crippen LogP contribution >= 0.6 is 0 Å². The summed E-state index contributed by atoms with van der Waals surface area (Å²) in [5.74, 6) is 0.570. The summed E-state index contributed by atoms with van der Waals surface area (Å²) in [4.78, 5) is 0. The smallest absolute Gasteiger partial charge is 0.423 e. The highest BCUT2D eigenvalue weighted by Crippen LogP contribution is 2.32. The first-order valence-electron chi connectivity index (χ1n) is 5.13. The third-order valence-electron chi connectivity index (χ3n) is 2.95. The average molecular weight is 190 g/mol. The lowest BCUT2D eigenvalue weighted by Gasteiger charge is -2.23.